The van der Waals surface area contributed by atoms with E-state index in [-0.39, 0.29) is 12.6 Å². The molecule has 1 saturated carbocycles. The molecule has 5 nitrogen and oxygen atoms in total. The van der Waals surface area contributed by atoms with Crippen LogP contribution in [-0.2, 0) is 4.79 Å². The lowest BCUT2D eigenvalue weighted by Gasteiger charge is -2.37. The molecule has 0 saturated heterocycles. The van der Waals surface area contributed by atoms with Gasteiger partial charge in [0, 0.05) is 6.54 Å². The van der Waals surface area contributed by atoms with Gasteiger partial charge in [0.25, 0.3) is 0 Å². The number of carboxylic acids is 1. The summed E-state index contributed by atoms with van der Waals surface area (Å²) in [5, 5.41) is 14.2. The fourth-order valence-corrected chi connectivity index (χ4v) is 1.79. The predicted octanol–water partition coefficient (Wildman–Crippen LogP) is 0.952. The van der Waals surface area contributed by atoms with Crippen LogP contribution in [0.2, 0.25) is 0 Å². The molecule has 17 heavy (non-hydrogen) atoms. The number of carboxylic acid groups (broad SMARTS) is 1. The number of rotatable bonds is 5. The molecule has 1 aliphatic rings. The molecule has 0 aromatic heterocycles. The van der Waals surface area contributed by atoms with E-state index in [0.717, 1.165) is 6.42 Å². The van der Waals surface area contributed by atoms with Crippen LogP contribution in [-0.4, -0.2) is 29.7 Å². The summed E-state index contributed by atoms with van der Waals surface area (Å²) in [5.74, 6) is 1.60. The lowest BCUT2D eigenvalue weighted by atomic mass is 9.69. The van der Waals surface area contributed by atoms with Gasteiger partial charge in [0.1, 0.15) is 0 Å². The van der Waals surface area contributed by atoms with Crippen LogP contribution < -0.4 is 10.6 Å². The van der Waals surface area contributed by atoms with E-state index in [1.165, 1.54) is 0 Å². The van der Waals surface area contributed by atoms with Gasteiger partial charge in [-0.05, 0) is 19.3 Å². The van der Waals surface area contributed by atoms with Crippen molar-refractivity contribution >= 4 is 12.0 Å². The van der Waals surface area contributed by atoms with E-state index in [9.17, 15) is 9.59 Å². The largest absolute Gasteiger partial charge is 0.481 e. The van der Waals surface area contributed by atoms with E-state index in [2.05, 4.69) is 16.6 Å². The van der Waals surface area contributed by atoms with E-state index >= 15 is 0 Å². The minimum Gasteiger partial charge on any atom is -0.481 e. The smallest absolute Gasteiger partial charge is 0.315 e. The second-order valence-corrected chi connectivity index (χ2v) is 4.39. The highest BCUT2D eigenvalue weighted by molar-refractivity contribution is 5.79. The van der Waals surface area contributed by atoms with Gasteiger partial charge in [-0.15, -0.1) is 6.42 Å². The fraction of sp³-hybridized carbons (Fsp3) is 0.667. The Labute approximate surface area is 101 Å². The Hall–Kier alpha value is -1.70. The van der Waals surface area contributed by atoms with Crippen molar-refractivity contribution in [2.24, 2.45) is 5.41 Å². The Balaban J connectivity index is 2.38. The van der Waals surface area contributed by atoms with Crippen LogP contribution >= 0.6 is 0 Å². The van der Waals surface area contributed by atoms with Crippen LogP contribution in [0.1, 0.15) is 32.6 Å². The first-order valence-electron chi connectivity index (χ1n) is 5.78. The monoisotopic (exact) mass is 238 g/mol. The Morgan fingerprint density at radius 1 is 1.53 bits per heavy atom. The SMILES string of the molecule is C#CC(CC)NC(=O)NCC1(C(=O)O)CCC1. The lowest BCUT2D eigenvalue weighted by Crippen LogP contribution is -2.51. The maximum absolute atomic E-state index is 11.5. The maximum Gasteiger partial charge on any atom is 0.315 e. The summed E-state index contributed by atoms with van der Waals surface area (Å²) < 4.78 is 0. The third kappa shape index (κ3) is 3.13. The summed E-state index contributed by atoms with van der Waals surface area (Å²) in [6.07, 6.45) is 8.00. The number of amides is 2. The van der Waals surface area contributed by atoms with E-state index in [4.69, 9.17) is 11.5 Å². The molecule has 2 amide bonds. The molecular weight excluding hydrogens is 220 g/mol. The minimum absolute atomic E-state index is 0.162. The summed E-state index contributed by atoms with van der Waals surface area (Å²) in [6, 6.07) is -0.709. The van der Waals surface area contributed by atoms with Crippen LogP contribution in [0.15, 0.2) is 0 Å². The zero-order chi connectivity index (χ0) is 12.9. The highest BCUT2D eigenvalue weighted by Gasteiger charge is 2.44. The Morgan fingerprint density at radius 3 is 2.53 bits per heavy atom. The first-order valence-corrected chi connectivity index (χ1v) is 5.78. The third-order valence-corrected chi connectivity index (χ3v) is 3.27. The van der Waals surface area contributed by atoms with Crippen molar-refractivity contribution in [3.8, 4) is 12.3 Å². The van der Waals surface area contributed by atoms with Gasteiger partial charge in [0.2, 0.25) is 0 Å². The molecule has 94 valence electrons. The quantitative estimate of drug-likeness (QED) is 0.624. The number of carbonyl (C=O) groups excluding carboxylic acids is 1. The van der Waals surface area contributed by atoms with E-state index in [1.807, 2.05) is 6.92 Å². The second kappa shape index (κ2) is 5.58. The van der Waals surface area contributed by atoms with Crippen LogP contribution in [0, 0.1) is 17.8 Å². The van der Waals surface area contributed by atoms with Crippen molar-refractivity contribution in [2.75, 3.05) is 6.54 Å². The molecule has 0 bridgehead atoms. The topological polar surface area (TPSA) is 78.4 Å². The van der Waals surface area contributed by atoms with Gasteiger partial charge >= 0.3 is 12.0 Å². The Bertz CT molecular complexity index is 342. The molecule has 1 rings (SSSR count). The third-order valence-electron chi connectivity index (χ3n) is 3.27. The second-order valence-electron chi connectivity index (χ2n) is 4.39. The van der Waals surface area contributed by atoms with Crippen molar-refractivity contribution in [3.05, 3.63) is 0 Å². The summed E-state index contributed by atoms with van der Waals surface area (Å²) in [6.45, 7) is 2.03. The average molecular weight is 238 g/mol. The van der Waals surface area contributed by atoms with Gasteiger partial charge in [-0.25, -0.2) is 4.79 Å². The summed E-state index contributed by atoms with van der Waals surface area (Å²) in [4.78, 5) is 22.5. The van der Waals surface area contributed by atoms with Crippen LogP contribution in [0.5, 0.6) is 0 Å². The van der Waals surface area contributed by atoms with Crippen molar-refractivity contribution < 1.29 is 14.7 Å². The van der Waals surface area contributed by atoms with Crippen LogP contribution in [0.4, 0.5) is 4.79 Å². The molecule has 3 N–H and O–H groups in total. The summed E-state index contributed by atoms with van der Waals surface area (Å²) in [5.41, 5.74) is -0.769. The van der Waals surface area contributed by atoms with Crippen molar-refractivity contribution in [1.29, 1.82) is 0 Å². The van der Waals surface area contributed by atoms with E-state index in [1.54, 1.807) is 0 Å². The number of carbonyl (C=O) groups is 2. The van der Waals surface area contributed by atoms with Gasteiger partial charge in [0.15, 0.2) is 0 Å². The van der Waals surface area contributed by atoms with Crippen molar-refractivity contribution in [2.45, 2.75) is 38.6 Å². The molecular formula is C12H18N2O3. The number of terminal acetylenes is 1. The first kappa shape index (κ1) is 13.4. The summed E-state index contributed by atoms with van der Waals surface area (Å²) >= 11 is 0. The van der Waals surface area contributed by atoms with Gasteiger partial charge < -0.3 is 15.7 Å². The van der Waals surface area contributed by atoms with Crippen molar-refractivity contribution in [1.82, 2.24) is 10.6 Å². The number of hydrogen-bond acceptors (Lipinski definition) is 2. The molecule has 5 heteroatoms. The Kier molecular flexibility index (Phi) is 4.38. The molecule has 0 radical (unpaired) electrons. The van der Waals surface area contributed by atoms with Gasteiger partial charge in [-0.1, -0.05) is 19.3 Å². The Morgan fingerprint density at radius 2 is 2.18 bits per heavy atom. The number of urea groups is 1. The molecule has 1 unspecified atom stereocenters. The van der Waals surface area contributed by atoms with Gasteiger partial charge in [-0.2, -0.15) is 0 Å². The molecule has 0 aliphatic heterocycles. The zero-order valence-electron chi connectivity index (χ0n) is 9.95. The maximum atomic E-state index is 11.5. The summed E-state index contributed by atoms with van der Waals surface area (Å²) in [7, 11) is 0. The molecule has 1 aliphatic carbocycles. The van der Waals surface area contributed by atoms with E-state index < -0.39 is 17.4 Å². The highest BCUT2D eigenvalue weighted by Crippen LogP contribution is 2.40. The van der Waals surface area contributed by atoms with E-state index in [0.29, 0.717) is 19.3 Å². The number of aliphatic carboxylic acids is 1. The standard InChI is InChI=1S/C12H18N2O3/c1-3-9(4-2)14-11(17)13-8-12(10(15)16)6-5-7-12/h1,9H,4-8H2,2H3,(H,15,16)(H2,13,14,17). The fourth-order valence-electron chi connectivity index (χ4n) is 1.79. The number of hydrogen-bond donors (Lipinski definition) is 3. The number of nitrogens with one attached hydrogen (secondary N) is 2. The molecule has 0 heterocycles. The lowest BCUT2D eigenvalue weighted by molar-refractivity contribution is -0.153. The average Bonchev–Trinajstić information content (AvgIpc) is 2.23. The highest BCUT2D eigenvalue weighted by atomic mass is 16.4. The minimum atomic E-state index is -0.840. The van der Waals surface area contributed by atoms with Crippen molar-refractivity contribution in [3.63, 3.8) is 0 Å². The first-order chi connectivity index (χ1) is 8.04. The predicted molar refractivity (Wildman–Crippen MR) is 63.4 cm³/mol. The van der Waals surface area contributed by atoms with Gasteiger partial charge in [0.05, 0.1) is 11.5 Å². The molecule has 0 aromatic rings. The molecule has 1 fully saturated rings. The van der Waals surface area contributed by atoms with Gasteiger partial charge in [-0.3, -0.25) is 4.79 Å². The van der Waals surface area contributed by atoms with Crippen LogP contribution in [0.25, 0.3) is 0 Å². The van der Waals surface area contributed by atoms with Crippen LogP contribution in [0.3, 0.4) is 0 Å². The normalized spacial score (nSPS) is 18.4. The molecule has 0 aromatic carbocycles. The molecule has 0 spiro atoms. The zero-order valence-corrected chi connectivity index (χ0v) is 9.95. The molecule has 1 atom stereocenters.